The summed E-state index contributed by atoms with van der Waals surface area (Å²) >= 11 is 9.47. The van der Waals surface area contributed by atoms with Gasteiger partial charge in [0.25, 0.3) is 0 Å². The minimum absolute atomic E-state index is 0.0341. The highest BCUT2D eigenvalue weighted by atomic mass is 79.9. The quantitative estimate of drug-likeness (QED) is 0.864. The predicted octanol–water partition coefficient (Wildman–Crippen LogP) is 4.06. The lowest BCUT2D eigenvalue weighted by Gasteiger charge is -2.22. The van der Waals surface area contributed by atoms with Crippen molar-refractivity contribution in [3.63, 3.8) is 0 Å². The second kappa shape index (κ2) is 5.83. The summed E-state index contributed by atoms with van der Waals surface area (Å²) in [5, 5.41) is 0.0341. The first kappa shape index (κ1) is 14.6. The van der Waals surface area contributed by atoms with Crippen molar-refractivity contribution in [1.82, 2.24) is 0 Å². The lowest BCUT2D eigenvalue weighted by molar-refractivity contribution is 0.171. The molecule has 6 heteroatoms. The van der Waals surface area contributed by atoms with Crippen LogP contribution in [-0.2, 0) is 0 Å². The molecule has 1 aliphatic rings. The van der Waals surface area contributed by atoms with Crippen molar-refractivity contribution in [3.05, 3.63) is 56.8 Å². The fourth-order valence-electron chi connectivity index (χ4n) is 2.25. The monoisotopic (exact) mass is 371 g/mol. The van der Waals surface area contributed by atoms with E-state index in [1.165, 1.54) is 6.07 Å². The van der Waals surface area contributed by atoms with Gasteiger partial charge in [0.2, 0.25) is 0 Å². The van der Waals surface area contributed by atoms with Gasteiger partial charge in [-0.2, -0.15) is 0 Å². The smallest absolute Gasteiger partial charge is 0.162 e. The van der Waals surface area contributed by atoms with Gasteiger partial charge in [-0.3, -0.25) is 0 Å². The first-order valence-corrected chi connectivity index (χ1v) is 7.53. The Labute approximate surface area is 134 Å². The molecule has 0 spiro atoms. The van der Waals surface area contributed by atoms with Crippen LogP contribution in [0.1, 0.15) is 17.2 Å². The van der Waals surface area contributed by atoms with Crippen molar-refractivity contribution in [1.29, 1.82) is 0 Å². The Morgan fingerprint density at radius 1 is 1.14 bits per heavy atom. The molecule has 0 saturated heterocycles. The third-order valence-electron chi connectivity index (χ3n) is 3.31. The fourth-order valence-corrected chi connectivity index (χ4v) is 3.06. The SMILES string of the molecule is NC(c1cc2c(cc1Br)OCCO2)c1cccc(F)c1Cl. The first-order valence-electron chi connectivity index (χ1n) is 6.36. The van der Waals surface area contributed by atoms with Crippen molar-refractivity contribution in [2.75, 3.05) is 13.2 Å². The maximum absolute atomic E-state index is 13.6. The Bertz CT molecular complexity index is 696. The summed E-state index contributed by atoms with van der Waals surface area (Å²) in [6, 6.07) is 7.62. The van der Waals surface area contributed by atoms with Crippen LogP contribution in [0.25, 0.3) is 0 Å². The van der Waals surface area contributed by atoms with Crippen LogP contribution in [0.3, 0.4) is 0 Å². The molecule has 3 rings (SSSR count). The molecule has 0 amide bonds. The summed E-state index contributed by atoms with van der Waals surface area (Å²) in [6.07, 6.45) is 0. The first-order chi connectivity index (χ1) is 10.1. The van der Waals surface area contributed by atoms with Crippen LogP contribution in [0, 0.1) is 5.82 Å². The zero-order valence-corrected chi connectivity index (χ0v) is 13.2. The van der Waals surface area contributed by atoms with Crippen LogP contribution in [0.15, 0.2) is 34.8 Å². The molecule has 1 atom stereocenters. The number of fused-ring (bicyclic) bond motifs is 1. The highest BCUT2D eigenvalue weighted by molar-refractivity contribution is 9.10. The number of hydrogen-bond donors (Lipinski definition) is 1. The molecular weight excluding hydrogens is 361 g/mol. The molecule has 0 aromatic heterocycles. The highest BCUT2D eigenvalue weighted by Gasteiger charge is 2.21. The number of hydrogen-bond acceptors (Lipinski definition) is 3. The predicted molar refractivity (Wildman–Crippen MR) is 82.6 cm³/mol. The normalized spacial score (nSPS) is 14.9. The molecule has 2 N–H and O–H groups in total. The summed E-state index contributed by atoms with van der Waals surface area (Å²) in [7, 11) is 0. The van der Waals surface area contributed by atoms with E-state index in [2.05, 4.69) is 15.9 Å². The molecule has 0 bridgehead atoms. The third kappa shape index (κ3) is 2.73. The lowest BCUT2D eigenvalue weighted by atomic mass is 9.99. The van der Waals surface area contributed by atoms with Crippen LogP contribution in [0.4, 0.5) is 4.39 Å². The molecule has 1 unspecified atom stereocenters. The van der Waals surface area contributed by atoms with E-state index in [1.54, 1.807) is 24.3 Å². The zero-order chi connectivity index (χ0) is 15.0. The molecule has 110 valence electrons. The van der Waals surface area contributed by atoms with E-state index >= 15 is 0 Å². The lowest BCUT2D eigenvalue weighted by Crippen LogP contribution is -2.18. The van der Waals surface area contributed by atoms with Crippen molar-refractivity contribution in [3.8, 4) is 11.5 Å². The van der Waals surface area contributed by atoms with E-state index in [9.17, 15) is 4.39 Å². The third-order valence-corrected chi connectivity index (χ3v) is 4.40. The molecule has 0 saturated carbocycles. The van der Waals surface area contributed by atoms with Gasteiger partial charge in [-0.05, 0) is 29.3 Å². The van der Waals surface area contributed by atoms with Crippen molar-refractivity contribution in [2.24, 2.45) is 5.73 Å². The van der Waals surface area contributed by atoms with Crippen LogP contribution in [-0.4, -0.2) is 13.2 Å². The summed E-state index contributed by atoms with van der Waals surface area (Å²) in [4.78, 5) is 0. The Morgan fingerprint density at radius 3 is 2.52 bits per heavy atom. The Hall–Kier alpha value is -1.30. The molecular formula is C15H12BrClFNO2. The summed E-state index contributed by atoms with van der Waals surface area (Å²) in [6.45, 7) is 1.00. The number of ether oxygens (including phenoxy) is 2. The van der Waals surface area contributed by atoms with E-state index < -0.39 is 11.9 Å². The van der Waals surface area contributed by atoms with E-state index in [0.29, 0.717) is 30.3 Å². The molecule has 3 nitrogen and oxygen atoms in total. The van der Waals surface area contributed by atoms with Gasteiger partial charge < -0.3 is 15.2 Å². The molecule has 1 aliphatic heterocycles. The Balaban J connectivity index is 2.05. The van der Waals surface area contributed by atoms with Gasteiger partial charge >= 0.3 is 0 Å². The van der Waals surface area contributed by atoms with Gasteiger partial charge in [0.05, 0.1) is 11.1 Å². The molecule has 1 heterocycles. The van der Waals surface area contributed by atoms with Gasteiger partial charge in [0, 0.05) is 4.47 Å². The largest absolute Gasteiger partial charge is 0.486 e. The van der Waals surface area contributed by atoms with Crippen LogP contribution >= 0.6 is 27.5 Å². The maximum Gasteiger partial charge on any atom is 0.162 e. The highest BCUT2D eigenvalue weighted by Crippen LogP contribution is 2.40. The zero-order valence-electron chi connectivity index (χ0n) is 10.9. The number of nitrogens with two attached hydrogens (primary N) is 1. The van der Waals surface area contributed by atoms with Crippen molar-refractivity contribution in [2.45, 2.75) is 6.04 Å². The standard InChI is InChI=1S/C15H12BrClFNO2/c16-10-7-13-12(20-4-5-21-13)6-9(10)15(19)8-2-1-3-11(18)14(8)17/h1-3,6-7,15H,4-5,19H2. The average Bonchev–Trinajstić information content (AvgIpc) is 2.48. The summed E-state index contributed by atoms with van der Waals surface area (Å²) in [5.74, 6) is 0.801. The molecule has 0 radical (unpaired) electrons. The molecule has 2 aromatic rings. The summed E-state index contributed by atoms with van der Waals surface area (Å²) < 4.78 is 25.4. The molecule has 2 aromatic carbocycles. The fraction of sp³-hybridized carbons (Fsp3) is 0.200. The molecule has 0 fully saturated rings. The van der Waals surface area contributed by atoms with Gasteiger partial charge in [-0.1, -0.05) is 39.7 Å². The van der Waals surface area contributed by atoms with E-state index in [1.807, 2.05) is 0 Å². The van der Waals surface area contributed by atoms with Crippen molar-refractivity contribution < 1.29 is 13.9 Å². The minimum Gasteiger partial charge on any atom is -0.486 e. The average molecular weight is 373 g/mol. The Morgan fingerprint density at radius 2 is 1.81 bits per heavy atom. The second-order valence-electron chi connectivity index (χ2n) is 4.64. The van der Waals surface area contributed by atoms with Crippen LogP contribution in [0.2, 0.25) is 5.02 Å². The Kier molecular flexibility index (Phi) is 4.06. The topological polar surface area (TPSA) is 44.5 Å². The maximum atomic E-state index is 13.6. The van der Waals surface area contributed by atoms with Gasteiger partial charge in [0.15, 0.2) is 11.5 Å². The van der Waals surface area contributed by atoms with E-state index in [0.717, 1.165) is 10.0 Å². The van der Waals surface area contributed by atoms with Crippen LogP contribution < -0.4 is 15.2 Å². The van der Waals surface area contributed by atoms with Crippen LogP contribution in [0.5, 0.6) is 11.5 Å². The van der Waals surface area contributed by atoms with E-state index in [-0.39, 0.29) is 5.02 Å². The number of halogens is 3. The van der Waals surface area contributed by atoms with E-state index in [4.69, 9.17) is 26.8 Å². The van der Waals surface area contributed by atoms with Gasteiger partial charge in [0.1, 0.15) is 19.0 Å². The number of rotatable bonds is 2. The number of benzene rings is 2. The minimum atomic E-state index is -0.571. The van der Waals surface area contributed by atoms with Crippen molar-refractivity contribution >= 4 is 27.5 Å². The molecule has 21 heavy (non-hydrogen) atoms. The summed E-state index contributed by atoms with van der Waals surface area (Å²) in [5.41, 5.74) is 7.52. The van der Waals surface area contributed by atoms with Gasteiger partial charge in [-0.25, -0.2) is 4.39 Å². The molecule has 0 aliphatic carbocycles. The van der Waals surface area contributed by atoms with Gasteiger partial charge in [-0.15, -0.1) is 0 Å². The second-order valence-corrected chi connectivity index (χ2v) is 5.87.